The Hall–Kier alpha value is 0.234. The van der Waals surface area contributed by atoms with Crippen LogP contribution in [0.2, 0.25) is 0 Å². The Balaban J connectivity index is 0.000000403. The van der Waals surface area contributed by atoms with Crippen molar-refractivity contribution in [2.45, 2.75) is 76.3 Å². The maximum Gasteiger partial charge on any atom is 2.00 e. The van der Waals surface area contributed by atoms with Crippen LogP contribution in [0.15, 0.2) is 0 Å². The summed E-state index contributed by atoms with van der Waals surface area (Å²) < 4.78 is 65.5. The molecule has 0 bridgehead atoms. The quantitative estimate of drug-likeness (QED) is 0.513. The molecule has 11 heteroatoms. The molecule has 2 aliphatic carbocycles. The molecule has 2 rings (SSSR count). The largest absolute Gasteiger partial charge is 2.00 e. The molecule has 0 amide bonds. The van der Waals surface area contributed by atoms with E-state index < -0.39 is 20.6 Å². The predicted molar refractivity (Wildman–Crippen MR) is 79.4 cm³/mol. The molecule has 2 N–H and O–H groups in total. The van der Waals surface area contributed by atoms with E-state index in [1.807, 2.05) is 0 Å². The molecule has 0 unspecified atom stereocenters. The van der Waals surface area contributed by atoms with Crippen LogP contribution in [0.5, 0.6) is 0 Å². The molecule has 2 fully saturated rings. The number of nitrogens with one attached hydrogen (secondary N) is 2. The Labute approximate surface area is 148 Å². The van der Waals surface area contributed by atoms with Crippen molar-refractivity contribution in [2.24, 2.45) is 0 Å². The summed E-state index contributed by atoms with van der Waals surface area (Å²) in [5.41, 5.74) is 0. The van der Waals surface area contributed by atoms with E-state index in [0.717, 1.165) is 64.2 Å². The average molecular weight is 415 g/mol. The molecule has 2 aliphatic rings. The second kappa shape index (κ2) is 11.0. The molecule has 23 heavy (non-hydrogen) atoms. The van der Waals surface area contributed by atoms with Gasteiger partial charge in [0.15, 0.2) is 20.6 Å². The van der Waals surface area contributed by atoms with Crippen molar-refractivity contribution in [1.82, 2.24) is 9.44 Å². The summed E-state index contributed by atoms with van der Waals surface area (Å²) in [6.45, 7) is 0. The number of hydrogen-bond acceptors (Lipinski definition) is 6. The van der Waals surface area contributed by atoms with E-state index in [2.05, 4.69) is 9.44 Å². The first-order chi connectivity index (χ1) is 10.2. The van der Waals surface area contributed by atoms with Gasteiger partial charge in [-0.05, 0) is 25.7 Å². The van der Waals surface area contributed by atoms with Gasteiger partial charge in [0.25, 0.3) is 0 Å². The van der Waals surface area contributed by atoms with Gasteiger partial charge in [0, 0.05) is 12.1 Å². The Morgan fingerprint density at radius 1 is 0.609 bits per heavy atom. The van der Waals surface area contributed by atoms with Gasteiger partial charge in [-0.2, -0.15) is 0 Å². The Morgan fingerprint density at radius 2 is 0.870 bits per heavy atom. The number of rotatable bonds is 4. The standard InChI is InChI=1S/2C6H13NO3S.Ni/c2*8-11(9,10)7-6-4-2-1-3-5-6;/h2*6-7H,1-5H2,(H,8,9,10);/q;;+2/p-2. The monoisotopic (exact) mass is 414 g/mol. The van der Waals surface area contributed by atoms with E-state index in [4.69, 9.17) is 0 Å². The molecule has 0 radical (unpaired) electrons. The summed E-state index contributed by atoms with van der Waals surface area (Å²) in [4.78, 5) is 0. The Morgan fingerprint density at radius 3 is 1.09 bits per heavy atom. The first-order valence-electron chi connectivity index (χ1n) is 7.62. The van der Waals surface area contributed by atoms with Crippen molar-refractivity contribution in [3.05, 3.63) is 0 Å². The molecule has 0 aromatic rings. The van der Waals surface area contributed by atoms with Gasteiger partial charge >= 0.3 is 16.5 Å². The van der Waals surface area contributed by atoms with Crippen molar-refractivity contribution >= 4 is 20.6 Å². The van der Waals surface area contributed by atoms with Crippen molar-refractivity contribution in [3.8, 4) is 0 Å². The van der Waals surface area contributed by atoms with Gasteiger partial charge in [0.1, 0.15) is 0 Å². The van der Waals surface area contributed by atoms with Gasteiger partial charge in [-0.15, -0.1) is 0 Å². The predicted octanol–water partition coefficient (Wildman–Crippen LogP) is 0.735. The van der Waals surface area contributed by atoms with Crippen LogP contribution in [0.4, 0.5) is 0 Å². The van der Waals surface area contributed by atoms with Crippen LogP contribution in [0.25, 0.3) is 0 Å². The summed E-state index contributed by atoms with van der Waals surface area (Å²) in [7, 11) is -8.45. The summed E-state index contributed by atoms with van der Waals surface area (Å²) in [5, 5.41) is 0. The third-order valence-electron chi connectivity index (χ3n) is 3.83. The molecule has 0 spiro atoms. The molecule has 0 aromatic carbocycles. The van der Waals surface area contributed by atoms with Crippen LogP contribution < -0.4 is 9.44 Å². The van der Waals surface area contributed by atoms with Gasteiger partial charge in [-0.1, -0.05) is 38.5 Å². The van der Waals surface area contributed by atoms with Crippen LogP contribution in [0, 0.1) is 0 Å². The molecule has 0 atom stereocenters. The minimum Gasteiger partial charge on any atom is -0.735 e. The fraction of sp³-hybridized carbons (Fsp3) is 1.00. The van der Waals surface area contributed by atoms with Crippen LogP contribution in [0.1, 0.15) is 64.2 Å². The van der Waals surface area contributed by atoms with Gasteiger partial charge < -0.3 is 9.11 Å². The zero-order chi connectivity index (χ0) is 16.6. The Kier molecular flexibility index (Phi) is 11.1. The van der Waals surface area contributed by atoms with Gasteiger partial charge in [0.05, 0.1) is 0 Å². The van der Waals surface area contributed by atoms with Crippen molar-refractivity contribution in [3.63, 3.8) is 0 Å². The summed E-state index contributed by atoms with van der Waals surface area (Å²) in [5.74, 6) is 0. The van der Waals surface area contributed by atoms with Crippen LogP contribution >= 0.6 is 0 Å². The number of hydrogen-bond donors (Lipinski definition) is 2. The van der Waals surface area contributed by atoms with Crippen LogP contribution in [0.3, 0.4) is 0 Å². The first-order valence-corrected chi connectivity index (χ1v) is 10.4. The van der Waals surface area contributed by atoms with Crippen LogP contribution in [-0.4, -0.2) is 38.0 Å². The van der Waals surface area contributed by atoms with Gasteiger partial charge in [-0.25, -0.2) is 26.3 Å². The molecular weight excluding hydrogens is 391 g/mol. The fourth-order valence-corrected chi connectivity index (χ4v) is 4.14. The zero-order valence-electron chi connectivity index (χ0n) is 12.8. The average Bonchev–Trinajstić information content (AvgIpc) is 2.38. The summed E-state index contributed by atoms with van der Waals surface area (Å²) in [6, 6.07) is -0.211. The maximum absolute atomic E-state index is 10.2. The zero-order valence-corrected chi connectivity index (χ0v) is 15.4. The minimum absolute atomic E-state index is 0. The van der Waals surface area contributed by atoms with Crippen LogP contribution in [-0.2, 0) is 37.1 Å². The summed E-state index contributed by atoms with van der Waals surface area (Å²) in [6.07, 6.45) is 9.61. The van der Waals surface area contributed by atoms with E-state index in [0.29, 0.717) is 0 Å². The van der Waals surface area contributed by atoms with Gasteiger partial charge in [-0.3, -0.25) is 0 Å². The SMILES string of the molecule is O=S(=O)([O-])NC1CCCCC1.O=S(=O)([O-])NC1CCCCC1.[Ni+2]. The van der Waals surface area contributed by atoms with Crippen molar-refractivity contribution in [2.75, 3.05) is 0 Å². The Bertz CT molecular complexity index is 466. The van der Waals surface area contributed by atoms with Crippen molar-refractivity contribution < 1.29 is 42.4 Å². The van der Waals surface area contributed by atoms with Crippen molar-refractivity contribution in [1.29, 1.82) is 0 Å². The van der Waals surface area contributed by atoms with E-state index in [1.165, 1.54) is 0 Å². The second-order valence-corrected chi connectivity index (χ2v) is 8.10. The van der Waals surface area contributed by atoms with E-state index in [1.54, 1.807) is 0 Å². The topological polar surface area (TPSA) is 138 Å². The first kappa shape index (κ1) is 23.2. The summed E-state index contributed by atoms with van der Waals surface area (Å²) >= 11 is 0. The normalized spacial score (nSPS) is 21.0. The molecule has 2 saturated carbocycles. The molecule has 140 valence electrons. The fourth-order valence-electron chi connectivity index (χ4n) is 2.85. The molecule has 0 aromatic heterocycles. The minimum atomic E-state index is -4.22. The maximum atomic E-state index is 10.2. The van der Waals surface area contributed by atoms with E-state index in [9.17, 15) is 25.9 Å². The second-order valence-electron chi connectivity index (χ2n) is 5.81. The van der Waals surface area contributed by atoms with Gasteiger partial charge in [0.2, 0.25) is 0 Å². The molecule has 0 saturated heterocycles. The smallest absolute Gasteiger partial charge is 0.735 e. The third-order valence-corrected chi connectivity index (χ3v) is 5.08. The van der Waals surface area contributed by atoms with E-state index in [-0.39, 0.29) is 28.6 Å². The van der Waals surface area contributed by atoms with E-state index >= 15 is 0 Å². The molecule has 0 heterocycles. The molecule has 8 nitrogen and oxygen atoms in total. The molecule has 0 aliphatic heterocycles. The molecular formula is C12H24N2NiO6S2. The third kappa shape index (κ3) is 13.2.